The van der Waals surface area contributed by atoms with Crippen molar-refractivity contribution in [1.82, 2.24) is 0 Å². The van der Waals surface area contributed by atoms with Gasteiger partial charge in [0.25, 0.3) is 0 Å². The van der Waals surface area contributed by atoms with Crippen molar-refractivity contribution < 1.29 is 57.6 Å². The minimum absolute atomic E-state index is 0. The van der Waals surface area contributed by atoms with Crippen LogP contribution in [0.15, 0.2) is 30.3 Å². The largest absolute Gasteiger partial charge is 1.00 e. The molecule has 0 spiro atoms. The molecule has 54 valence electrons. The van der Waals surface area contributed by atoms with Crippen LogP contribution >= 0.6 is 11.6 Å². The van der Waals surface area contributed by atoms with Gasteiger partial charge in [-0.2, -0.15) is 0 Å². The number of rotatable bonds is 2. The van der Waals surface area contributed by atoms with Crippen LogP contribution in [0.4, 0.5) is 0 Å². The topological polar surface area (TPSA) is 17.1 Å². The van der Waals surface area contributed by atoms with E-state index in [0.29, 0.717) is 5.56 Å². The number of alkyl halides is 1. The molecule has 1 rings (SSSR count). The zero-order valence-corrected chi connectivity index (χ0v) is 10.3. The number of ketones is 1. The molecule has 0 atom stereocenters. The molecule has 0 unspecified atom stereocenters. The summed E-state index contributed by atoms with van der Waals surface area (Å²) < 4.78 is 0. The molecule has 0 aliphatic rings. The van der Waals surface area contributed by atoms with E-state index in [4.69, 9.17) is 11.6 Å². The van der Waals surface area contributed by atoms with E-state index < -0.39 is 0 Å². The first kappa shape index (κ1) is 11.8. The van der Waals surface area contributed by atoms with Crippen molar-refractivity contribution in [2.75, 3.05) is 5.88 Å². The molecule has 11 heavy (non-hydrogen) atoms. The third kappa shape index (κ3) is 3.83. The van der Waals surface area contributed by atoms with Crippen LogP contribution in [0.2, 0.25) is 0 Å². The van der Waals surface area contributed by atoms with Crippen molar-refractivity contribution in [2.45, 2.75) is 0 Å². The fourth-order valence-electron chi connectivity index (χ4n) is 0.701. The van der Waals surface area contributed by atoms with E-state index in [1.165, 1.54) is 0 Å². The molecule has 0 aliphatic heterocycles. The molecule has 3 heteroatoms. The molecule has 0 radical (unpaired) electrons. The molecule has 0 N–H and O–H groups in total. The minimum atomic E-state index is -0.0257. The number of benzene rings is 1. The average Bonchev–Trinajstić information content (AvgIpc) is 2.05. The summed E-state index contributed by atoms with van der Waals surface area (Å²) in [5.74, 6) is 0.0339. The summed E-state index contributed by atoms with van der Waals surface area (Å²) in [5.41, 5.74) is 0.678. The van der Waals surface area contributed by atoms with Crippen LogP contribution in [0.5, 0.6) is 0 Å². The van der Waals surface area contributed by atoms with Gasteiger partial charge < -0.3 is 1.43 Å². The van der Waals surface area contributed by atoms with Crippen LogP contribution in [0.1, 0.15) is 11.8 Å². The molecule has 0 heterocycles. The van der Waals surface area contributed by atoms with Gasteiger partial charge in [0.1, 0.15) is 0 Å². The summed E-state index contributed by atoms with van der Waals surface area (Å²) in [6.07, 6.45) is 0. The van der Waals surface area contributed by atoms with Crippen LogP contribution in [0.3, 0.4) is 0 Å². The van der Waals surface area contributed by atoms with E-state index in [-0.39, 0.29) is 64.5 Å². The smallest absolute Gasteiger partial charge is 1.00 e. The van der Waals surface area contributed by atoms with Gasteiger partial charge in [0.2, 0.25) is 0 Å². The molecule has 1 aromatic rings. The molecule has 0 bridgehead atoms. The normalized spacial score (nSPS) is 8.45. The van der Waals surface area contributed by atoms with E-state index in [9.17, 15) is 4.79 Å². The molecular weight excluding hydrogens is 187 g/mol. The van der Waals surface area contributed by atoms with Gasteiger partial charge in [0.15, 0.2) is 5.78 Å². The van der Waals surface area contributed by atoms with Gasteiger partial charge in [-0.25, -0.2) is 0 Å². The monoisotopic (exact) mass is 194 g/mol. The third-order valence-electron chi connectivity index (χ3n) is 1.22. The van der Waals surface area contributed by atoms with Crippen LogP contribution in [0.25, 0.3) is 0 Å². The zero-order chi connectivity index (χ0) is 7.40. The van der Waals surface area contributed by atoms with E-state index in [1.54, 1.807) is 12.1 Å². The van der Waals surface area contributed by atoms with Crippen molar-refractivity contribution in [3.05, 3.63) is 35.9 Å². The summed E-state index contributed by atoms with van der Waals surface area (Å²) in [6, 6.07) is 9.01. The first-order chi connectivity index (χ1) is 4.84. The van der Waals surface area contributed by atoms with Gasteiger partial charge in [0.05, 0.1) is 5.88 Å². The molecule has 0 saturated carbocycles. The standard InChI is InChI=1S/C8H7ClO.K.H/c9-6-8(10)7-4-2-1-3-5-7;;/h1-5H,6H2;;/q;+1;-1. The molecule has 0 aliphatic carbocycles. The maximum Gasteiger partial charge on any atom is 1.00 e. The van der Waals surface area contributed by atoms with E-state index in [1.807, 2.05) is 18.2 Å². The molecule has 0 fully saturated rings. The predicted molar refractivity (Wildman–Crippen MR) is 42.6 cm³/mol. The zero-order valence-electron chi connectivity index (χ0n) is 7.38. The van der Waals surface area contributed by atoms with Gasteiger partial charge in [0, 0.05) is 5.56 Å². The Morgan fingerprint density at radius 1 is 1.36 bits per heavy atom. The molecule has 0 aromatic heterocycles. The Labute approximate surface area is 115 Å². The predicted octanol–water partition coefficient (Wildman–Crippen LogP) is -0.775. The van der Waals surface area contributed by atoms with Crippen LogP contribution in [-0.4, -0.2) is 11.7 Å². The molecular formula is C8H8ClKO. The molecule has 0 amide bonds. The van der Waals surface area contributed by atoms with Gasteiger partial charge in [-0.15, -0.1) is 11.6 Å². The fourth-order valence-corrected chi connectivity index (χ4v) is 0.856. The maximum atomic E-state index is 10.9. The number of halogens is 1. The number of hydrogen-bond donors (Lipinski definition) is 0. The minimum Gasteiger partial charge on any atom is -1.00 e. The Hall–Kier alpha value is 0.816. The number of hydrogen-bond acceptors (Lipinski definition) is 1. The number of Topliss-reactive ketones (excluding diaryl/α,β-unsaturated/α-hetero) is 1. The Balaban J connectivity index is 0. The fraction of sp³-hybridized carbons (Fsp3) is 0.125. The van der Waals surface area contributed by atoms with Crippen molar-refractivity contribution in [3.63, 3.8) is 0 Å². The van der Waals surface area contributed by atoms with Crippen molar-refractivity contribution >= 4 is 17.4 Å². The summed E-state index contributed by atoms with van der Waals surface area (Å²) in [6.45, 7) is 0. The van der Waals surface area contributed by atoms with Crippen molar-refractivity contribution in [3.8, 4) is 0 Å². The second-order valence-electron chi connectivity index (χ2n) is 1.92. The Morgan fingerprint density at radius 3 is 2.36 bits per heavy atom. The number of carbonyl (C=O) groups excluding carboxylic acids is 1. The first-order valence-corrected chi connectivity index (χ1v) is 3.52. The molecule has 1 aromatic carbocycles. The van der Waals surface area contributed by atoms with Gasteiger partial charge in [-0.3, -0.25) is 4.79 Å². The second-order valence-corrected chi connectivity index (χ2v) is 2.19. The average molecular weight is 195 g/mol. The second kappa shape index (κ2) is 6.35. The van der Waals surface area contributed by atoms with Gasteiger partial charge in [-0.05, 0) is 0 Å². The summed E-state index contributed by atoms with van der Waals surface area (Å²) in [7, 11) is 0. The van der Waals surface area contributed by atoms with E-state index in [0.717, 1.165) is 0 Å². The van der Waals surface area contributed by atoms with Crippen LogP contribution in [-0.2, 0) is 0 Å². The molecule has 1 nitrogen and oxygen atoms in total. The van der Waals surface area contributed by atoms with Gasteiger partial charge in [-0.1, -0.05) is 30.3 Å². The summed E-state index contributed by atoms with van der Waals surface area (Å²) in [4.78, 5) is 10.9. The number of carbonyl (C=O) groups is 1. The first-order valence-electron chi connectivity index (χ1n) is 2.99. The third-order valence-corrected chi connectivity index (χ3v) is 1.46. The van der Waals surface area contributed by atoms with Crippen LogP contribution in [0, 0.1) is 0 Å². The van der Waals surface area contributed by atoms with E-state index in [2.05, 4.69) is 0 Å². The maximum absolute atomic E-state index is 10.9. The molecule has 0 saturated heterocycles. The summed E-state index contributed by atoms with van der Waals surface area (Å²) >= 11 is 5.34. The van der Waals surface area contributed by atoms with Crippen molar-refractivity contribution in [1.29, 1.82) is 0 Å². The van der Waals surface area contributed by atoms with E-state index >= 15 is 0 Å². The van der Waals surface area contributed by atoms with Gasteiger partial charge >= 0.3 is 51.4 Å². The SMILES string of the molecule is O=C(CCl)c1ccccc1.[H-].[K+]. The van der Waals surface area contributed by atoms with Crippen LogP contribution < -0.4 is 51.4 Å². The Morgan fingerprint density at radius 2 is 1.91 bits per heavy atom. The quantitative estimate of drug-likeness (QED) is 0.343. The Kier molecular flexibility index (Phi) is 6.82. The summed E-state index contributed by atoms with van der Waals surface area (Å²) in [5, 5.41) is 0. The Bertz CT molecular complexity index is 228. The van der Waals surface area contributed by atoms with Crippen molar-refractivity contribution in [2.24, 2.45) is 0 Å².